The molecule has 2 rings (SSSR count). The molecule has 1 unspecified atom stereocenters. The Morgan fingerprint density at radius 1 is 1.03 bits per heavy atom. The molecule has 2 aromatic carbocycles. The third-order valence-corrected chi connectivity index (χ3v) is 4.83. The fraction of sp³-hybridized carbons (Fsp3) is 0.391. The highest BCUT2D eigenvalue weighted by atomic mass is 16.5. The van der Waals surface area contributed by atoms with Crippen LogP contribution in [0.1, 0.15) is 31.1 Å². The van der Waals surface area contributed by atoms with Gasteiger partial charge in [-0.1, -0.05) is 19.9 Å². The molecule has 2 aromatic rings. The van der Waals surface area contributed by atoms with Gasteiger partial charge in [-0.25, -0.2) is 0 Å². The second-order valence-electron chi connectivity index (χ2n) is 6.87. The highest BCUT2D eigenvalue weighted by Gasteiger charge is 2.12. The van der Waals surface area contributed by atoms with Crippen LogP contribution in [0, 0.1) is 0 Å². The van der Waals surface area contributed by atoms with Gasteiger partial charge in [-0.3, -0.25) is 14.5 Å². The molecule has 0 radical (unpaired) electrons. The molecule has 1 atom stereocenters. The second-order valence-corrected chi connectivity index (χ2v) is 6.87. The Hall–Kier alpha value is -3.06. The molecular weight excluding hydrogens is 382 g/mol. The number of anilines is 1. The molecule has 0 bridgehead atoms. The summed E-state index contributed by atoms with van der Waals surface area (Å²) >= 11 is 0. The average molecular weight is 414 g/mol. The number of methoxy groups -OCH3 is 1. The Morgan fingerprint density at radius 3 is 2.37 bits per heavy atom. The predicted molar refractivity (Wildman–Crippen MR) is 118 cm³/mol. The van der Waals surface area contributed by atoms with Gasteiger partial charge < -0.3 is 20.1 Å². The van der Waals surface area contributed by atoms with E-state index in [0.717, 1.165) is 13.1 Å². The summed E-state index contributed by atoms with van der Waals surface area (Å²) in [6.45, 7) is 8.67. The number of nitrogens with zero attached hydrogens (tertiary/aromatic N) is 1. The van der Waals surface area contributed by atoms with E-state index in [2.05, 4.69) is 36.3 Å². The van der Waals surface area contributed by atoms with Crippen LogP contribution in [0.25, 0.3) is 0 Å². The van der Waals surface area contributed by atoms with Gasteiger partial charge in [0.1, 0.15) is 11.5 Å². The van der Waals surface area contributed by atoms with Crippen molar-refractivity contribution in [2.24, 2.45) is 0 Å². The summed E-state index contributed by atoms with van der Waals surface area (Å²) < 4.78 is 10.6. The number of likely N-dealkylation sites (N-methyl/N-ethyl adjacent to an activating group) is 1. The Balaban J connectivity index is 1.80. The molecule has 2 N–H and O–H groups in total. The van der Waals surface area contributed by atoms with Crippen LogP contribution in [0.5, 0.6) is 11.5 Å². The van der Waals surface area contributed by atoms with Crippen molar-refractivity contribution in [2.45, 2.75) is 26.8 Å². The summed E-state index contributed by atoms with van der Waals surface area (Å²) in [5.41, 5.74) is 1.18. The van der Waals surface area contributed by atoms with E-state index in [9.17, 15) is 9.59 Å². The molecule has 0 aliphatic rings. The maximum Gasteiger partial charge on any atom is 0.262 e. The van der Waals surface area contributed by atoms with Crippen molar-refractivity contribution in [3.8, 4) is 11.5 Å². The van der Waals surface area contributed by atoms with Gasteiger partial charge in [0.25, 0.3) is 11.8 Å². The molecule has 30 heavy (non-hydrogen) atoms. The molecule has 0 spiro atoms. The standard InChI is InChI=1S/C23H31N3O4/c1-5-26(6-2)17(3)15-24-23(28)18-10-12-20(13-11-18)30-16-22(27)25-19-8-7-9-21(14-19)29-4/h7-14,17H,5-6,15-16H2,1-4H3,(H,24,28)(H,25,27). The van der Waals surface area contributed by atoms with Crippen molar-refractivity contribution < 1.29 is 19.1 Å². The minimum atomic E-state index is -0.282. The third-order valence-electron chi connectivity index (χ3n) is 4.83. The lowest BCUT2D eigenvalue weighted by Gasteiger charge is -2.26. The van der Waals surface area contributed by atoms with E-state index in [4.69, 9.17) is 9.47 Å². The Kier molecular flexibility index (Phi) is 9.15. The largest absolute Gasteiger partial charge is 0.497 e. The van der Waals surface area contributed by atoms with E-state index in [-0.39, 0.29) is 24.5 Å². The van der Waals surface area contributed by atoms with E-state index in [1.165, 1.54) is 0 Å². The molecule has 0 fully saturated rings. The zero-order chi connectivity index (χ0) is 21.9. The van der Waals surface area contributed by atoms with Crippen LogP contribution >= 0.6 is 0 Å². The van der Waals surface area contributed by atoms with Crippen LogP contribution in [-0.2, 0) is 4.79 Å². The third kappa shape index (κ3) is 7.08. The first-order chi connectivity index (χ1) is 14.5. The summed E-state index contributed by atoms with van der Waals surface area (Å²) in [5, 5.41) is 5.71. The van der Waals surface area contributed by atoms with Crippen LogP contribution in [-0.4, -0.2) is 56.1 Å². The van der Waals surface area contributed by atoms with Gasteiger partial charge in [0.15, 0.2) is 6.61 Å². The first-order valence-corrected chi connectivity index (χ1v) is 10.2. The van der Waals surface area contributed by atoms with Gasteiger partial charge in [0.2, 0.25) is 0 Å². The van der Waals surface area contributed by atoms with Crippen molar-refractivity contribution in [1.82, 2.24) is 10.2 Å². The quantitative estimate of drug-likeness (QED) is 0.592. The number of carbonyl (C=O) groups excluding carboxylic acids is 2. The van der Waals surface area contributed by atoms with E-state index in [0.29, 0.717) is 29.3 Å². The summed E-state index contributed by atoms with van der Waals surface area (Å²) in [6, 6.07) is 14.1. The zero-order valence-electron chi connectivity index (χ0n) is 18.1. The molecule has 162 valence electrons. The van der Waals surface area contributed by atoms with E-state index in [1.807, 2.05) is 0 Å². The fourth-order valence-electron chi connectivity index (χ4n) is 3.07. The van der Waals surface area contributed by atoms with Gasteiger partial charge in [-0.2, -0.15) is 0 Å². The number of hydrogen-bond acceptors (Lipinski definition) is 5. The first kappa shape index (κ1) is 23.2. The monoisotopic (exact) mass is 413 g/mol. The van der Waals surface area contributed by atoms with Gasteiger partial charge in [-0.15, -0.1) is 0 Å². The molecule has 0 saturated heterocycles. The lowest BCUT2D eigenvalue weighted by molar-refractivity contribution is -0.118. The van der Waals surface area contributed by atoms with Crippen molar-refractivity contribution >= 4 is 17.5 Å². The van der Waals surface area contributed by atoms with E-state index < -0.39 is 0 Å². The molecule has 0 aromatic heterocycles. The molecule has 2 amide bonds. The minimum absolute atomic E-state index is 0.128. The number of rotatable bonds is 11. The smallest absolute Gasteiger partial charge is 0.262 e. The SMILES string of the molecule is CCN(CC)C(C)CNC(=O)c1ccc(OCC(=O)Nc2cccc(OC)c2)cc1. The molecule has 0 heterocycles. The maximum absolute atomic E-state index is 12.3. The summed E-state index contributed by atoms with van der Waals surface area (Å²) in [4.78, 5) is 26.7. The fourth-order valence-corrected chi connectivity index (χ4v) is 3.07. The van der Waals surface area contributed by atoms with Gasteiger partial charge in [0, 0.05) is 29.9 Å². The Bertz CT molecular complexity index is 819. The second kappa shape index (κ2) is 11.8. The predicted octanol–water partition coefficient (Wildman–Crippen LogP) is 3.17. The number of benzene rings is 2. The van der Waals surface area contributed by atoms with Crippen LogP contribution in [0.3, 0.4) is 0 Å². The lowest BCUT2D eigenvalue weighted by Crippen LogP contribution is -2.41. The normalized spacial score (nSPS) is 11.6. The molecule has 0 aliphatic carbocycles. The zero-order valence-corrected chi connectivity index (χ0v) is 18.1. The van der Waals surface area contributed by atoms with Crippen molar-refractivity contribution in [3.63, 3.8) is 0 Å². The van der Waals surface area contributed by atoms with Gasteiger partial charge in [0.05, 0.1) is 7.11 Å². The highest BCUT2D eigenvalue weighted by molar-refractivity contribution is 5.94. The molecular formula is C23H31N3O4. The minimum Gasteiger partial charge on any atom is -0.497 e. The van der Waals surface area contributed by atoms with Crippen LogP contribution in [0.2, 0.25) is 0 Å². The van der Waals surface area contributed by atoms with Gasteiger partial charge in [-0.05, 0) is 56.4 Å². The summed E-state index contributed by atoms with van der Waals surface area (Å²) in [7, 11) is 1.57. The van der Waals surface area contributed by atoms with Crippen LogP contribution < -0.4 is 20.1 Å². The molecule has 7 heteroatoms. The summed E-state index contributed by atoms with van der Waals surface area (Å²) in [5.74, 6) is 0.768. The number of nitrogens with one attached hydrogen (secondary N) is 2. The van der Waals surface area contributed by atoms with Crippen LogP contribution in [0.15, 0.2) is 48.5 Å². The number of hydrogen-bond donors (Lipinski definition) is 2. The van der Waals surface area contributed by atoms with E-state index in [1.54, 1.807) is 55.6 Å². The number of amides is 2. The number of carbonyl (C=O) groups is 2. The Labute approximate surface area is 178 Å². The maximum atomic E-state index is 12.3. The average Bonchev–Trinajstić information content (AvgIpc) is 2.77. The number of ether oxygens (including phenoxy) is 2. The van der Waals surface area contributed by atoms with Crippen molar-refractivity contribution in [3.05, 3.63) is 54.1 Å². The molecule has 0 aliphatic heterocycles. The lowest BCUT2D eigenvalue weighted by atomic mass is 10.2. The molecule has 7 nitrogen and oxygen atoms in total. The van der Waals surface area contributed by atoms with E-state index >= 15 is 0 Å². The van der Waals surface area contributed by atoms with Crippen LogP contribution in [0.4, 0.5) is 5.69 Å². The molecule has 0 saturated carbocycles. The highest BCUT2D eigenvalue weighted by Crippen LogP contribution is 2.17. The Morgan fingerprint density at radius 2 is 1.73 bits per heavy atom. The summed E-state index contributed by atoms with van der Waals surface area (Å²) in [6.07, 6.45) is 0. The van der Waals surface area contributed by atoms with Gasteiger partial charge >= 0.3 is 0 Å². The topological polar surface area (TPSA) is 79.9 Å². The van der Waals surface area contributed by atoms with Crippen molar-refractivity contribution in [2.75, 3.05) is 38.7 Å². The van der Waals surface area contributed by atoms with Crippen molar-refractivity contribution in [1.29, 1.82) is 0 Å². The first-order valence-electron chi connectivity index (χ1n) is 10.2.